The summed E-state index contributed by atoms with van der Waals surface area (Å²) in [7, 11) is 0. The van der Waals surface area contributed by atoms with Gasteiger partial charge in [-0.2, -0.15) is 0 Å². The summed E-state index contributed by atoms with van der Waals surface area (Å²) in [6, 6.07) is 10.8. The van der Waals surface area contributed by atoms with E-state index < -0.39 is 0 Å². The first kappa shape index (κ1) is 15.0. The quantitative estimate of drug-likeness (QED) is 0.518. The Labute approximate surface area is 141 Å². The molecule has 0 radical (unpaired) electrons. The molecule has 3 heterocycles. The maximum Gasteiger partial charge on any atom is 0.278 e. The first-order chi connectivity index (χ1) is 12.2. The van der Waals surface area contributed by atoms with Crippen molar-refractivity contribution in [1.29, 1.82) is 0 Å². The van der Waals surface area contributed by atoms with Gasteiger partial charge in [-0.15, -0.1) is 0 Å². The van der Waals surface area contributed by atoms with E-state index in [1.54, 1.807) is 35.0 Å². The Kier molecular flexibility index (Phi) is 3.51. The number of nitrogens with zero attached hydrogens (tertiary/aromatic N) is 4. The molecule has 1 aromatic carbocycles. The fourth-order valence-electron chi connectivity index (χ4n) is 2.69. The van der Waals surface area contributed by atoms with Gasteiger partial charge in [-0.3, -0.25) is 9.36 Å². The number of H-pyrrole nitrogens is 1. The molecule has 0 atom stereocenters. The van der Waals surface area contributed by atoms with Crippen LogP contribution in [0.1, 0.15) is 5.56 Å². The van der Waals surface area contributed by atoms with Crippen molar-refractivity contribution >= 4 is 17.0 Å². The molecule has 3 aromatic heterocycles. The third-order valence-electron chi connectivity index (χ3n) is 3.91. The molecule has 0 saturated carbocycles. The summed E-state index contributed by atoms with van der Waals surface area (Å²) in [4.78, 5) is 27.5. The minimum atomic E-state index is -0.334. The Morgan fingerprint density at radius 1 is 1.16 bits per heavy atom. The van der Waals surface area contributed by atoms with Crippen LogP contribution < -0.4 is 11.3 Å². The van der Waals surface area contributed by atoms with Crippen LogP contribution in [-0.2, 0) is 6.61 Å². The number of pyridine rings is 1. The number of nitrogens with two attached hydrogens (primary N) is 1. The Hall–Kier alpha value is -3.52. The van der Waals surface area contributed by atoms with Gasteiger partial charge in [0.2, 0.25) is 0 Å². The fraction of sp³-hybridized carbons (Fsp3) is 0.0588. The van der Waals surface area contributed by atoms with E-state index in [1.807, 2.05) is 12.1 Å². The number of anilines is 1. The average Bonchev–Trinajstić information content (AvgIpc) is 3.03. The maximum atomic E-state index is 12.1. The van der Waals surface area contributed by atoms with Crippen molar-refractivity contribution in [2.75, 3.05) is 5.73 Å². The molecule has 0 spiro atoms. The third-order valence-corrected chi connectivity index (χ3v) is 3.91. The second-order valence-electron chi connectivity index (χ2n) is 5.44. The number of aromatic nitrogens is 5. The Bertz CT molecular complexity index is 1110. The lowest BCUT2D eigenvalue weighted by molar-refractivity contribution is 0.282. The molecule has 0 bridgehead atoms. The van der Waals surface area contributed by atoms with E-state index in [0.29, 0.717) is 22.9 Å². The van der Waals surface area contributed by atoms with Gasteiger partial charge in [-0.25, -0.2) is 15.0 Å². The summed E-state index contributed by atoms with van der Waals surface area (Å²) in [5, 5.41) is 9.23. The van der Waals surface area contributed by atoms with Gasteiger partial charge >= 0.3 is 0 Å². The summed E-state index contributed by atoms with van der Waals surface area (Å²) in [6.07, 6.45) is 2.92. The largest absolute Gasteiger partial charge is 0.392 e. The van der Waals surface area contributed by atoms with Gasteiger partial charge < -0.3 is 15.8 Å². The predicted octanol–water partition coefficient (Wildman–Crippen LogP) is 1.25. The fourth-order valence-corrected chi connectivity index (χ4v) is 2.69. The highest BCUT2D eigenvalue weighted by molar-refractivity contribution is 5.82. The molecule has 0 saturated heterocycles. The lowest BCUT2D eigenvalue weighted by Gasteiger charge is -2.10. The molecule has 8 nitrogen and oxygen atoms in total. The number of nitrogens with one attached hydrogen (secondary N) is 1. The summed E-state index contributed by atoms with van der Waals surface area (Å²) < 4.78 is 1.75. The minimum Gasteiger partial charge on any atom is -0.392 e. The van der Waals surface area contributed by atoms with E-state index in [4.69, 9.17) is 5.73 Å². The molecule has 8 heteroatoms. The van der Waals surface area contributed by atoms with Crippen molar-refractivity contribution in [3.05, 3.63) is 64.8 Å². The first-order valence-electron chi connectivity index (χ1n) is 7.56. The van der Waals surface area contributed by atoms with Gasteiger partial charge in [-0.1, -0.05) is 12.1 Å². The highest BCUT2D eigenvalue weighted by atomic mass is 16.3. The molecule has 0 amide bonds. The van der Waals surface area contributed by atoms with E-state index in [1.165, 1.54) is 6.33 Å². The second-order valence-corrected chi connectivity index (χ2v) is 5.44. The second kappa shape index (κ2) is 5.84. The summed E-state index contributed by atoms with van der Waals surface area (Å²) in [5.41, 5.74) is 8.43. The lowest BCUT2D eigenvalue weighted by Crippen LogP contribution is -2.07. The molecule has 0 unspecified atom stereocenters. The highest BCUT2D eigenvalue weighted by Gasteiger charge is 2.19. The number of rotatable bonds is 3. The molecular formula is C17H14N6O2. The topological polar surface area (TPSA) is 123 Å². The zero-order valence-corrected chi connectivity index (χ0v) is 13.0. The van der Waals surface area contributed by atoms with E-state index in [9.17, 15) is 9.90 Å². The minimum absolute atomic E-state index is 0.0503. The molecule has 4 aromatic rings. The Morgan fingerprint density at radius 3 is 2.68 bits per heavy atom. The van der Waals surface area contributed by atoms with Crippen molar-refractivity contribution in [2.45, 2.75) is 6.61 Å². The zero-order valence-electron chi connectivity index (χ0n) is 13.0. The molecular weight excluding hydrogens is 320 g/mol. The lowest BCUT2D eigenvalue weighted by atomic mass is 10.2. The summed E-state index contributed by atoms with van der Waals surface area (Å²) in [5.74, 6) is 0.781. The molecule has 0 aliphatic heterocycles. The number of aromatic amines is 1. The van der Waals surface area contributed by atoms with E-state index in [-0.39, 0.29) is 17.7 Å². The molecule has 0 fully saturated rings. The number of hydrogen-bond acceptors (Lipinski definition) is 6. The molecule has 0 aliphatic rings. The van der Waals surface area contributed by atoms with Crippen LogP contribution in [0.5, 0.6) is 0 Å². The summed E-state index contributed by atoms with van der Waals surface area (Å²) >= 11 is 0. The molecule has 0 aliphatic carbocycles. The van der Waals surface area contributed by atoms with E-state index >= 15 is 0 Å². The molecule has 25 heavy (non-hydrogen) atoms. The van der Waals surface area contributed by atoms with Crippen LogP contribution in [0.25, 0.3) is 28.2 Å². The molecule has 124 valence electrons. The standard InChI is InChI=1S/C17H14N6O2/c18-14-12(2-1-7-19-14)15-22-13-16(20-9-21-17(13)25)23(15)11-5-3-10(8-24)4-6-11/h1-7,9,24H,8H2,(H2,18,19)(H,20,21,25). The molecule has 4 rings (SSSR count). The van der Waals surface area contributed by atoms with Crippen molar-refractivity contribution in [3.63, 3.8) is 0 Å². The van der Waals surface area contributed by atoms with Crippen LogP contribution in [-0.4, -0.2) is 29.6 Å². The number of aliphatic hydroxyl groups excluding tert-OH is 1. The highest BCUT2D eigenvalue weighted by Crippen LogP contribution is 2.28. The number of imidazole rings is 1. The van der Waals surface area contributed by atoms with Crippen molar-refractivity contribution in [1.82, 2.24) is 24.5 Å². The maximum absolute atomic E-state index is 12.1. The number of aliphatic hydroxyl groups is 1. The van der Waals surface area contributed by atoms with Crippen LogP contribution in [0.3, 0.4) is 0 Å². The number of fused-ring (bicyclic) bond motifs is 1. The van der Waals surface area contributed by atoms with Crippen LogP contribution in [0, 0.1) is 0 Å². The monoisotopic (exact) mass is 334 g/mol. The van der Waals surface area contributed by atoms with Crippen molar-refractivity contribution in [3.8, 4) is 17.1 Å². The van der Waals surface area contributed by atoms with Crippen molar-refractivity contribution in [2.24, 2.45) is 0 Å². The smallest absolute Gasteiger partial charge is 0.278 e. The van der Waals surface area contributed by atoms with Crippen LogP contribution in [0.4, 0.5) is 5.82 Å². The van der Waals surface area contributed by atoms with Gasteiger partial charge in [0.05, 0.1) is 18.5 Å². The number of benzene rings is 1. The SMILES string of the molecule is Nc1ncccc1-c1nc2c(=O)[nH]cnc2n1-c1ccc(CO)cc1. The van der Waals surface area contributed by atoms with Crippen molar-refractivity contribution < 1.29 is 5.11 Å². The normalized spacial score (nSPS) is 11.1. The number of hydrogen-bond donors (Lipinski definition) is 3. The third kappa shape index (κ3) is 2.45. The van der Waals surface area contributed by atoms with E-state index in [2.05, 4.69) is 19.9 Å². The molecule has 4 N–H and O–H groups in total. The van der Waals surface area contributed by atoms with Gasteiger partial charge in [0, 0.05) is 11.9 Å². The average molecular weight is 334 g/mol. The van der Waals surface area contributed by atoms with Gasteiger partial charge in [0.1, 0.15) is 5.82 Å². The van der Waals surface area contributed by atoms with Crippen LogP contribution >= 0.6 is 0 Å². The van der Waals surface area contributed by atoms with Crippen LogP contribution in [0.15, 0.2) is 53.7 Å². The number of nitrogen functional groups attached to an aromatic ring is 1. The van der Waals surface area contributed by atoms with Gasteiger partial charge in [-0.05, 0) is 29.8 Å². The Morgan fingerprint density at radius 2 is 1.96 bits per heavy atom. The first-order valence-corrected chi connectivity index (χ1v) is 7.56. The van der Waals surface area contributed by atoms with E-state index in [0.717, 1.165) is 11.3 Å². The van der Waals surface area contributed by atoms with Gasteiger partial charge in [0.15, 0.2) is 17.0 Å². The zero-order chi connectivity index (χ0) is 17.4. The Balaban J connectivity index is 2.07. The predicted molar refractivity (Wildman–Crippen MR) is 93.1 cm³/mol. The summed E-state index contributed by atoms with van der Waals surface area (Å²) in [6.45, 7) is -0.0503. The van der Waals surface area contributed by atoms with Gasteiger partial charge in [0.25, 0.3) is 5.56 Å². The van der Waals surface area contributed by atoms with Crippen LogP contribution in [0.2, 0.25) is 0 Å².